The minimum Gasteiger partial charge on any atom is -0.507 e. The molecule has 0 saturated heterocycles. The van der Waals surface area contributed by atoms with Crippen LogP contribution in [0.2, 0.25) is 0 Å². The molecule has 0 bridgehead atoms. The van der Waals surface area contributed by atoms with Gasteiger partial charge < -0.3 is 9.84 Å². The van der Waals surface area contributed by atoms with Crippen molar-refractivity contribution in [2.75, 3.05) is 0 Å². The fourth-order valence-electron chi connectivity index (χ4n) is 2.24. The summed E-state index contributed by atoms with van der Waals surface area (Å²) in [6.07, 6.45) is 5.16. The molecule has 7 heteroatoms. The number of aromatic nitrogens is 3. The zero-order valence-electron chi connectivity index (χ0n) is 13.2. The number of phenols is 1. The summed E-state index contributed by atoms with van der Waals surface area (Å²) in [5, 5.41) is 10.3. The predicted octanol–water partition coefficient (Wildman–Crippen LogP) is 3.40. The van der Waals surface area contributed by atoms with Crippen molar-refractivity contribution in [2.24, 2.45) is 0 Å². The first-order valence-corrected chi connectivity index (χ1v) is 8.17. The Morgan fingerprint density at radius 1 is 1.33 bits per heavy atom. The number of aryl methyl sites for hydroxylation is 2. The summed E-state index contributed by atoms with van der Waals surface area (Å²) in [6, 6.07) is 5.29. The number of ether oxygens (including phenoxy) is 1. The highest BCUT2D eigenvalue weighted by molar-refractivity contribution is 7.16. The van der Waals surface area contributed by atoms with Crippen LogP contribution in [0.3, 0.4) is 0 Å². The smallest absolute Gasteiger partial charge is 0.374 e. The van der Waals surface area contributed by atoms with Gasteiger partial charge in [0, 0.05) is 18.5 Å². The van der Waals surface area contributed by atoms with Gasteiger partial charge in [0.25, 0.3) is 0 Å². The van der Waals surface area contributed by atoms with E-state index in [2.05, 4.69) is 15.0 Å². The molecule has 0 fully saturated rings. The Hall–Kier alpha value is -2.80. The van der Waals surface area contributed by atoms with Crippen LogP contribution in [0.4, 0.5) is 0 Å². The van der Waals surface area contributed by atoms with Crippen LogP contribution in [0, 0.1) is 6.92 Å². The lowest BCUT2D eigenvalue weighted by molar-refractivity contribution is 0.0727. The molecule has 24 heavy (non-hydrogen) atoms. The van der Waals surface area contributed by atoms with Crippen molar-refractivity contribution >= 4 is 17.3 Å². The van der Waals surface area contributed by atoms with E-state index in [0.717, 1.165) is 28.0 Å². The third kappa shape index (κ3) is 3.26. The lowest BCUT2D eigenvalue weighted by Crippen LogP contribution is -2.08. The molecule has 3 rings (SSSR count). The fraction of sp³-hybridized carbons (Fsp3) is 0.176. The van der Waals surface area contributed by atoms with Gasteiger partial charge in [-0.05, 0) is 42.2 Å². The second-order valence-electron chi connectivity index (χ2n) is 5.12. The highest BCUT2D eigenvalue weighted by Gasteiger charge is 2.16. The van der Waals surface area contributed by atoms with Crippen LogP contribution in [0.25, 0.3) is 10.4 Å². The number of hydrogen-bond donors (Lipinski definition) is 1. The van der Waals surface area contributed by atoms with Gasteiger partial charge in [0.15, 0.2) is 0 Å². The minimum atomic E-state index is -0.559. The topological polar surface area (TPSA) is 85.2 Å². The maximum absolute atomic E-state index is 12.1. The van der Waals surface area contributed by atoms with Crippen LogP contribution in [-0.2, 0) is 6.42 Å². The number of thiazole rings is 1. The number of phenolic OH excluding ortho intramolecular Hbond substituents is 1. The zero-order valence-corrected chi connectivity index (χ0v) is 14.0. The van der Waals surface area contributed by atoms with Crippen LogP contribution in [0.5, 0.6) is 11.6 Å². The van der Waals surface area contributed by atoms with Gasteiger partial charge >= 0.3 is 5.97 Å². The Labute approximate surface area is 142 Å². The summed E-state index contributed by atoms with van der Waals surface area (Å²) in [4.78, 5) is 24.7. The second kappa shape index (κ2) is 6.76. The van der Waals surface area contributed by atoms with Crippen LogP contribution in [0.15, 0.2) is 36.9 Å². The molecule has 2 aromatic heterocycles. The molecule has 0 radical (unpaired) electrons. The van der Waals surface area contributed by atoms with E-state index < -0.39 is 5.97 Å². The number of esters is 1. The SMILES string of the molecule is CCc1cc(-c2cnc(C(=O)Oc3ccncn3)s2)cc(C)c1O. The molecule has 0 amide bonds. The Balaban J connectivity index is 1.85. The molecule has 0 aliphatic rings. The van der Waals surface area contributed by atoms with Crippen LogP contribution in [-0.4, -0.2) is 26.0 Å². The van der Waals surface area contributed by atoms with Crippen molar-refractivity contribution in [2.45, 2.75) is 20.3 Å². The Morgan fingerprint density at radius 2 is 2.17 bits per heavy atom. The third-order valence-electron chi connectivity index (χ3n) is 3.48. The van der Waals surface area contributed by atoms with E-state index in [4.69, 9.17) is 4.74 Å². The molecular weight excluding hydrogens is 326 g/mol. The average Bonchev–Trinajstić information content (AvgIpc) is 3.08. The number of nitrogens with zero attached hydrogens (tertiary/aromatic N) is 3. The Morgan fingerprint density at radius 3 is 2.88 bits per heavy atom. The standard InChI is InChI=1S/C17H15N3O3S/c1-3-11-7-12(6-10(2)15(11)21)13-8-19-16(24-13)17(22)23-14-4-5-18-9-20-14/h4-9,21H,3H2,1-2H3. The van der Waals surface area contributed by atoms with E-state index in [1.165, 1.54) is 29.9 Å². The average molecular weight is 341 g/mol. The number of carbonyl (C=O) groups excluding carboxylic acids is 1. The molecule has 0 atom stereocenters. The number of benzene rings is 1. The van der Waals surface area contributed by atoms with E-state index in [9.17, 15) is 9.90 Å². The molecule has 6 nitrogen and oxygen atoms in total. The van der Waals surface area contributed by atoms with E-state index >= 15 is 0 Å². The van der Waals surface area contributed by atoms with Crippen molar-refractivity contribution in [3.8, 4) is 22.1 Å². The van der Waals surface area contributed by atoms with Crippen LogP contribution >= 0.6 is 11.3 Å². The van der Waals surface area contributed by atoms with Gasteiger partial charge in [0.2, 0.25) is 10.9 Å². The molecule has 0 saturated carbocycles. The highest BCUT2D eigenvalue weighted by atomic mass is 32.1. The van der Waals surface area contributed by atoms with Gasteiger partial charge in [0.1, 0.15) is 12.1 Å². The number of rotatable bonds is 4. The monoisotopic (exact) mass is 341 g/mol. The summed E-state index contributed by atoms with van der Waals surface area (Å²) in [7, 11) is 0. The number of hydrogen-bond acceptors (Lipinski definition) is 7. The van der Waals surface area contributed by atoms with Gasteiger partial charge in [-0.1, -0.05) is 6.92 Å². The predicted molar refractivity (Wildman–Crippen MR) is 90.3 cm³/mol. The molecule has 1 aromatic carbocycles. The van der Waals surface area contributed by atoms with Crippen molar-refractivity contribution in [1.29, 1.82) is 0 Å². The number of aromatic hydroxyl groups is 1. The molecule has 0 aliphatic carbocycles. The minimum absolute atomic E-state index is 0.181. The Kier molecular flexibility index (Phi) is 4.52. The quantitative estimate of drug-likeness (QED) is 0.732. The largest absolute Gasteiger partial charge is 0.507 e. The number of carbonyl (C=O) groups is 1. The highest BCUT2D eigenvalue weighted by Crippen LogP contribution is 2.33. The van der Waals surface area contributed by atoms with E-state index in [1.54, 1.807) is 6.20 Å². The zero-order chi connectivity index (χ0) is 17.1. The summed E-state index contributed by atoms with van der Waals surface area (Å²) in [5.74, 6) is -0.0641. The van der Waals surface area contributed by atoms with Crippen molar-refractivity contribution in [3.05, 3.63) is 53.1 Å². The summed E-state index contributed by atoms with van der Waals surface area (Å²) in [6.45, 7) is 3.83. The normalized spacial score (nSPS) is 10.6. The second-order valence-corrected chi connectivity index (χ2v) is 6.15. The molecular formula is C17H15N3O3S. The van der Waals surface area contributed by atoms with Crippen molar-refractivity contribution in [3.63, 3.8) is 0 Å². The van der Waals surface area contributed by atoms with E-state index in [1.807, 2.05) is 26.0 Å². The lowest BCUT2D eigenvalue weighted by Gasteiger charge is -2.08. The van der Waals surface area contributed by atoms with Gasteiger partial charge in [-0.3, -0.25) is 0 Å². The molecule has 0 aliphatic heterocycles. The van der Waals surface area contributed by atoms with Crippen LogP contribution < -0.4 is 4.74 Å². The summed E-state index contributed by atoms with van der Waals surface area (Å²) >= 11 is 1.24. The first-order valence-electron chi connectivity index (χ1n) is 7.35. The maximum Gasteiger partial charge on any atom is 0.374 e. The van der Waals surface area contributed by atoms with Gasteiger partial charge in [0.05, 0.1) is 4.88 Å². The molecule has 3 aromatic rings. The maximum atomic E-state index is 12.1. The third-order valence-corrected chi connectivity index (χ3v) is 4.50. The summed E-state index contributed by atoms with van der Waals surface area (Å²) in [5.41, 5.74) is 2.58. The van der Waals surface area contributed by atoms with Gasteiger partial charge in [-0.15, -0.1) is 11.3 Å². The summed E-state index contributed by atoms with van der Waals surface area (Å²) < 4.78 is 5.16. The van der Waals surface area contributed by atoms with Gasteiger partial charge in [-0.2, -0.15) is 0 Å². The fourth-order valence-corrected chi connectivity index (χ4v) is 3.02. The van der Waals surface area contributed by atoms with Gasteiger partial charge in [-0.25, -0.2) is 19.7 Å². The molecule has 0 unspecified atom stereocenters. The molecule has 122 valence electrons. The lowest BCUT2D eigenvalue weighted by atomic mass is 10.0. The molecule has 0 spiro atoms. The van der Waals surface area contributed by atoms with E-state index in [0.29, 0.717) is 5.75 Å². The van der Waals surface area contributed by atoms with E-state index in [-0.39, 0.29) is 10.9 Å². The molecule has 2 heterocycles. The first kappa shape index (κ1) is 16.1. The van der Waals surface area contributed by atoms with Crippen LogP contribution in [0.1, 0.15) is 27.9 Å². The molecule has 1 N–H and O–H groups in total. The Bertz CT molecular complexity index is 878. The first-order chi connectivity index (χ1) is 11.6. The van der Waals surface area contributed by atoms with Crippen molar-refractivity contribution in [1.82, 2.24) is 15.0 Å². The van der Waals surface area contributed by atoms with Crippen molar-refractivity contribution < 1.29 is 14.6 Å².